The molecule has 0 aliphatic heterocycles. The molecular weight excluding hydrogens is 308 g/mol. The van der Waals surface area contributed by atoms with Gasteiger partial charge < -0.3 is 11.5 Å². The Morgan fingerprint density at radius 3 is 2.50 bits per heavy atom. The van der Waals surface area contributed by atoms with E-state index in [1.807, 2.05) is 36.4 Å². The van der Waals surface area contributed by atoms with Crippen molar-refractivity contribution in [2.45, 2.75) is 10.9 Å². The highest BCUT2D eigenvalue weighted by Gasteiger charge is 2.07. The highest BCUT2D eigenvalue weighted by Crippen LogP contribution is 2.31. The molecule has 1 unspecified atom stereocenters. The fraction of sp³-hybridized carbons (Fsp3) is 0.143. The molecule has 0 fully saturated rings. The van der Waals surface area contributed by atoms with E-state index in [1.54, 1.807) is 11.8 Å². The molecule has 0 saturated carbocycles. The van der Waals surface area contributed by atoms with E-state index >= 15 is 0 Å². The third-order valence-corrected chi connectivity index (χ3v) is 4.71. The Morgan fingerprint density at radius 1 is 1.11 bits per heavy atom. The minimum atomic E-state index is 0.0423. The summed E-state index contributed by atoms with van der Waals surface area (Å²) in [7, 11) is 0. The Hall–Kier alpha value is -0.970. The fourth-order valence-corrected chi connectivity index (χ4v) is 3.26. The van der Waals surface area contributed by atoms with Crippen LogP contribution in [0.2, 0.25) is 0 Å². The van der Waals surface area contributed by atoms with Crippen molar-refractivity contribution in [3.63, 3.8) is 0 Å². The van der Waals surface area contributed by atoms with Gasteiger partial charge in [-0.2, -0.15) is 0 Å². The van der Waals surface area contributed by atoms with Gasteiger partial charge in [0, 0.05) is 26.9 Å². The molecule has 0 bridgehead atoms. The van der Waals surface area contributed by atoms with Crippen LogP contribution in [0.25, 0.3) is 0 Å². The zero-order chi connectivity index (χ0) is 13.0. The number of thioether (sulfide) groups is 1. The topological polar surface area (TPSA) is 52.0 Å². The lowest BCUT2D eigenvalue weighted by Gasteiger charge is -2.12. The van der Waals surface area contributed by atoms with Crippen LogP contribution in [0.4, 0.5) is 5.69 Å². The molecule has 2 aromatic rings. The van der Waals surface area contributed by atoms with Crippen molar-refractivity contribution in [2.24, 2.45) is 5.73 Å². The second kappa shape index (κ2) is 6.27. The van der Waals surface area contributed by atoms with E-state index in [4.69, 9.17) is 11.5 Å². The molecule has 0 aliphatic carbocycles. The normalized spacial score (nSPS) is 12.3. The highest BCUT2D eigenvalue weighted by atomic mass is 79.9. The first kappa shape index (κ1) is 13.5. The van der Waals surface area contributed by atoms with Crippen molar-refractivity contribution in [3.8, 4) is 0 Å². The molecule has 0 aliphatic rings. The predicted octanol–water partition coefficient (Wildman–Crippen LogP) is 3.82. The van der Waals surface area contributed by atoms with Crippen molar-refractivity contribution < 1.29 is 0 Å². The van der Waals surface area contributed by atoms with Gasteiger partial charge in [-0.1, -0.05) is 30.3 Å². The van der Waals surface area contributed by atoms with Gasteiger partial charge in [-0.25, -0.2) is 0 Å². The van der Waals surface area contributed by atoms with Gasteiger partial charge in [0.2, 0.25) is 0 Å². The van der Waals surface area contributed by atoms with Crippen LogP contribution in [0.15, 0.2) is 57.9 Å². The Bertz CT molecular complexity index is 516. The van der Waals surface area contributed by atoms with Gasteiger partial charge >= 0.3 is 0 Å². The molecule has 2 rings (SSSR count). The van der Waals surface area contributed by atoms with Crippen LogP contribution in [0, 0.1) is 0 Å². The summed E-state index contributed by atoms with van der Waals surface area (Å²) in [6.45, 7) is 0. The minimum Gasteiger partial charge on any atom is -0.399 e. The summed E-state index contributed by atoms with van der Waals surface area (Å²) in [6.07, 6.45) is 0. The lowest BCUT2D eigenvalue weighted by molar-refractivity contribution is 0.831. The second-order valence-electron chi connectivity index (χ2n) is 4.02. The Morgan fingerprint density at radius 2 is 1.83 bits per heavy atom. The molecule has 0 saturated heterocycles. The number of nitrogens with two attached hydrogens (primary N) is 2. The van der Waals surface area contributed by atoms with Crippen LogP contribution in [0.3, 0.4) is 0 Å². The third kappa shape index (κ3) is 3.51. The van der Waals surface area contributed by atoms with Gasteiger partial charge in [0.1, 0.15) is 0 Å². The monoisotopic (exact) mass is 322 g/mol. The molecule has 0 radical (unpaired) electrons. The summed E-state index contributed by atoms with van der Waals surface area (Å²) in [6, 6.07) is 16.0. The van der Waals surface area contributed by atoms with E-state index < -0.39 is 0 Å². The van der Waals surface area contributed by atoms with Gasteiger partial charge in [0.05, 0.1) is 0 Å². The first-order chi connectivity index (χ1) is 8.66. The first-order valence-electron chi connectivity index (χ1n) is 5.65. The Kier molecular flexibility index (Phi) is 4.69. The maximum atomic E-state index is 6.16. The standard InChI is InChI=1S/C14H15BrN2S/c15-12-8-11(16)6-7-14(12)18-9-13(17)10-4-2-1-3-5-10/h1-8,13H,9,16-17H2. The summed E-state index contributed by atoms with van der Waals surface area (Å²) < 4.78 is 1.02. The van der Waals surface area contributed by atoms with Crippen LogP contribution < -0.4 is 11.5 Å². The average Bonchev–Trinajstić information content (AvgIpc) is 2.38. The number of nitrogen functional groups attached to an aromatic ring is 1. The van der Waals surface area contributed by atoms with Gasteiger partial charge in [-0.05, 0) is 39.7 Å². The average molecular weight is 323 g/mol. The second-order valence-corrected chi connectivity index (χ2v) is 5.93. The third-order valence-electron chi connectivity index (χ3n) is 2.60. The maximum Gasteiger partial charge on any atom is 0.0390 e. The molecule has 0 heterocycles. The Labute approximate surface area is 120 Å². The molecule has 4 heteroatoms. The molecule has 94 valence electrons. The number of benzene rings is 2. The zero-order valence-electron chi connectivity index (χ0n) is 9.84. The van der Waals surface area contributed by atoms with Gasteiger partial charge in [-0.3, -0.25) is 0 Å². The largest absolute Gasteiger partial charge is 0.399 e. The number of hydrogen-bond acceptors (Lipinski definition) is 3. The van der Waals surface area contributed by atoms with Crippen molar-refractivity contribution in [3.05, 3.63) is 58.6 Å². The predicted molar refractivity (Wildman–Crippen MR) is 82.6 cm³/mol. The van der Waals surface area contributed by atoms with E-state index in [9.17, 15) is 0 Å². The van der Waals surface area contributed by atoms with E-state index in [1.165, 1.54) is 0 Å². The number of anilines is 1. The summed E-state index contributed by atoms with van der Waals surface area (Å²) in [5.41, 5.74) is 13.8. The summed E-state index contributed by atoms with van der Waals surface area (Å²) in [5, 5.41) is 0. The molecular formula is C14H15BrN2S. The van der Waals surface area contributed by atoms with E-state index in [0.717, 1.165) is 26.4 Å². The number of halogens is 1. The van der Waals surface area contributed by atoms with E-state index in [0.29, 0.717) is 0 Å². The van der Waals surface area contributed by atoms with Crippen LogP contribution in [0.1, 0.15) is 11.6 Å². The van der Waals surface area contributed by atoms with Crippen LogP contribution in [-0.4, -0.2) is 5.75 Å². The molecule has 0 amide bonds. The summed E-state index contributed by atoms with van der Waals surface area (Å²) >= 11 is 5.24. The lowest BCUT2D eigenvalue weighted by Crippen LogP contribution is -2.12. The van der Waals surface area contributed by atoms with Crippen molar-refractivity contribution in [1.82, 2.24) is 0 Å². The molecule has 2 nitrogen and oxygen atoms in total. The smallest absolute Gasteiger partial charge is 0.0390 e. The van der Waals surface area contributed by atoms with Crippen LogP contribution >= 0.6 is 27.7 Å². The summed E-state index contributed by atoms with van der Waals surface area (Å²) in [5.74, 6) is 0.840. The quantitative estimate of drug-likeness (QED) is 0.664. The van der Waals surface area contributed by atoms with Crippen LogP contribution in [0.5, 0.6) is 0 Å². The number of rotatable bonds is 4. The van der Waals surface area contributed by atoms with Gasteiger partial charge in [0.15, 0.2) is 0 Å². The molecule has 0 spiro atoms. The molecule has 18 heavy (non-hydrogen) atoms. The van der Waals surface area contributed by atoms with Crippen molar-refractivity contribution >= 4 is 33.4 Å². The lowest BCUT2D eigenvalue weighted by atomic mass is 10.1. The molecule has 1 atom stereocenters. The summed E-state index contributed by atoms with van der Waals surface area (Å²) in [4.78, 5) is 1.16. The van der Waals surface area contributed by atoms with Crippen LogP contribution in [-0.2, 0) is 0 Å². The molecule has 0 aromatic heterocycles. The Balaban J connectivity index is 1.99. The van der Waals surface area contributed by atoms with Gasteiger partial charge in [-0.15, -0.1) is 11.8 Å². The van der Waals surface area contributed by atoms with Crippen molar-refractivity contribution in [1.29, 1.82) is 0 Å². The SMILES string of the molecule is Nc1ccc(SCC(N)c2ccccc2)c(Br)c1. The maximum absolute atomic E-state index is 6.16. The first-order valence-corrected chi connectivity index (χ1v) is 7.43. The minimum absolute atomic E-state index is 0.0423. The zero-order valence-corrected chi connectivity index (χ0v) is 12.2. The highest BCUT2D eigenvalue weighted by molar-refractivity contribution is 9.10. The van der Waals surface area contributed by atoms with E-state index in [-0.39, 0.29) is 6.04 Å². The fourth-order valence-electron chi connectivity index (χ4n) is 1.61. The molecule has 2 aromatic carbocycles. The van der Waals surface area contributed by atoms with Crippen molar-refractivity contribution in [2.75, 3.05) is 11.5 Å². The number of hydrogen-bond donors (Lipinski definition) is 2. The van der Waals surface area contributed by atoms with E-state index in [2.05, 4.69) is 28.1 Å². The molecule has 4 N–H and O–H groups in total. The van der Waals surface area contributed by atoms with Gasteiger partial charge in [0.25, 0.3) is 0 Å².